The topological polar surface area (TPSA) is 81.4 Å². The Balaban J connectivity index is 1.77. The van der Waals surface area contributed by atoms with E-state index in [-0.39, 0.29) is 28.7 Å². The zero-order valence-corrected chi connectivity index (χ0v) is 26.4. The van der Waals surface area contributed by atoms with Gasteiger partial charge in [-0.05, 0) is 72.5 Å². The van der Waals surface area contributed by atoms with E-state index in [0.29, 0.717) is 36.1 Å². The van der Waals surface area contributed by atoms with Gasteiger partial charge >= 0.3 is 6.18 Å². The van der Waals surface area contributed by atoms with Crippen LogP contribution in [0, 0.1) is 5.82 Å². The summed E-state index contributed by atoms with van der Waals surface area (Å²) in [6.07, 6.45) is -1.46. The molecule has 0 spiro atoms. The van der Waals surface area contributed by atoms with Crippen LogP contribution in [0.15, 0.2) is 44.7 Å². The molecule has 2 heterocycles. The van der Waals surface area contributed by atoms with Crippen LogP contribution < -0.4 is 16.4 Å². The maximum absolute atomic E-state index is 14.1. The van der Waals surface area contributed by atoms with Crippen LogP contribution in [0.4, 0.5) is 23.2 Å². The van der Waals surface area contributed by atoms with Gasteiger partial charge < -0.3 is 19.5 Å². The largest absolute Gasteiger partial charge is 0.423 e. The van der Waals surface area contributed by atoms with E-state index in [1.54, 1.807) is 26.4 Å². The zero-order valence-electron chi connectivity index (χ0n) is 23.8. The molecule has 1 aromatic carbocycles. The fourth-order valence-electron chi connectivity index (χ4n) is 4.33. The van der Waals surface area contributed by atoms with Crippen LogP contribution in [0.2, 0.25) is 25.7 Å². The summed E-state index contributed by atoms with van der Waals surface area (Å²) in [5.74, 6) is -0.545. The molecule has 0 amide bonds. The third-order valence-corrected chi connectivity index (χ3v) is 8.76. The molecular weight excluding hydrogens is 626 g/mol. The number of fused-ring (bicyclic) bond motifs is 1. The molecule has 41 heavy (non-hydrogen) atoms. The minimum Gasteiger partial charge on any atom is -0.379 e. The second-order valence-electron chi connectivity index (χ2n) is 11.5. The molecule has 0 aliphatic rings. The van der Waals surface area contributed by atoms with Crippen LogP contribution in [0.3, 0.4) is 0 Å². The van der Waals surface area contributed by atoms with Gasteiger partial charge in [-0.1, -0.05) is 19.6 Å². The quantitative estimate of drug-likeness (QED) is 0.146. The van der Waals surface area contributed by atoms with Crippen molar-refractivity contribution in [2.45, 2.75) is 64.0 Å². The van der Waals surface area contributed by atoms with E-state index in [0.717, 1.165) is 12.2 Å². The third-order valence-electron chi connectivity index (χ3n) is 6.45. The summed E-state index contributed by atoms with van der Waals surface area (Å²) in [5.41, 5.74) is -3.37. The van der Waals surface area contributed by atoms with Crippen LogP contribution >= 0.6 is 15.9 Å². The van der Waals surface area contributed by atoms with Crippen LogP contribution in [0.1, 0.15) is 18.4 Å². The number of halogens is 5. The fourth-order valence-corrected chi connectivity index (χ4v) is 5.44. The van der Waals surface area contributed by atoms with Gasteiger partial charge in [0.1, 0.15) is 18.1 Å². The van der Waals surface area contributed by atoms with Gasteiger partial charge in [-0.25, -0.2) is 9.07 Å². The number of aryl methyl sites for hydroxylation is 1. The molecule has 0 fully saturated rings. The standard InChI is InChI=1S/C27H36BrF4N5O3Si/c1-35(2)16-19(7-6-9-36-10-8-18-13-21(28)22(29)14-20(18)25(36)38)34-23-15-33-37(17-40-11-12-41(3,4)5)26(39)24(23)27(30,31)32/h8,10,13-15,19,34H,6-7,9,11-12,16-17H2,1-5H3/t19-/m1/s1. The number of alkyl halides is 3. The van der Waals surface area contributed by atoms with Gasteiger partial charge in [0, 0.05) is 40.0 Å². The number of ether oxygens (including phenoxy) is 1. The highest BCUT2D eigenvalue weighted by molar-refractivity contribution is 9.10. The first kappa shape index (κ1) is 33.0. The second kappa shape index (κ2) is 13.6. The summed E-state index contributed by atoms with van der Waals surface area (Å²) in [4.78, 5) is 27.5. The maximum atomic E-state index is 14.1. The Morgan fingerprint density at radius 2 is 1.88 bits per heavy atom. The molecular formula is C27H36BrF4N5O3Si. The molecule has 0 aliphatic carbocycles. The van der Waals surface area contributed by atoms with E-state index in [1.807, 2.05) is 4.90 Å². The molecule has 8 nitrogen and oxygen atoms in total. The number of pyridine rings is 1. The Morgan fingerprint density at radius 3 is 2.51 bits per heavy atom. The average molecular weight is 663 g/mol. The minimum absolute atomic E-state index is 0.238. The molecule has 2 aromatic heterocycles. The number of hydrogen-bond donors (Lipinski definition) is 1. The minimum atomic E-state index is -4.91. The SMILES string of the molecule is CN(C)C[C@@H](CCCn1ccc2cc(Br)c(F)cc2c1=O)Nc1cnn(COCC[Si](C)(C)C)c(=O)c1C(F)(F)F. The molecule has 3 aromatic rings. The average Bonchev–Trinajstić information content (AvgIpc) is 2.84. The molecule has 0 aliphatic heterocycles. The first-order valence-corrected chi connectivity index (χ1v) is 17.7. The molecule has 0 saturated heterocycles. The summed E-state index contributed by atoms with van der Waals surface area (Å²) in [6, 6.07) is 4.74. The van der Waals surface area contributed by atoms with Gasteiger partial charge in [0.2, 0.25) is 0 Å². The van der Waals surface area contributed by atoms with Gasteiger partial charge in [-0.3, -0.25) is 9.59 Å². The highest BCUT2D eigenvalue weighted by Crippen LogP contribution is 2.32. The Morgan fingerprint density at radius 1 is 1.17 bits per heavy atom. The zero-order chi connectivity index (χ0) is 30.5. The van der Waals surface area contributed by atoms with Gasteiger partial charge in [0.05, 0.1) is 21.7 Å². The number of benzene rings is 1. The lowest BCUT2D eigenvalue weighted by Crippen LogP contribution is -2.37. The van der Waals surface area contributed by atoms with Crippen molar-refractivity contribution in [1.82, 2.24) is 19.2 Å². The van der Waals surface area contributed by atoms with Crippen molar-refractivity contribution in [3.05, 3.63) is 67.2 Å². The number of rotatable bonds is 13. The maximum Gasteiger partial charge on any atom is 0.423 e. The van der Waals surface area contributed by atoms with Crippen LogP contribution in [0.5, 0.6) is 0 Å². The fraction of sp³-hybridized carbons (Fsp3) is 0.519. The number of hydrogen-bond acceptors (Lipinski definition) is 6. The van der Waals surface area contributed by atoms with E-state index < -0.39 is 42.9 Å². The van der Waals surface area contributed by atoms with E-state index in [4.69, 9.17) is 4.74 Å². The third kappa shape index (κ3) is 9.22. The molecule has 14 heteroatoms. The molecule has 1 N–H and O–H groups in total. The van der Waals surface area contributed by atoms with E-state index in [1.165, 1.54) is 16.7 Å². The normalized spacial score (nSPS) is 13.2. The highest BCUT2D eigenvalue weighted by Gasteiger charge is 2.38. The predicted molar refractivity (Wildman–Crippen MR) is 159 cm³/mol. The number of nitrogens with zero attached hydrogens (tertiary/aromatic N) is 4. The summed E-state index contributed by atoms with van der Waals surface area (Å²) in [6.45, 7) is 7.05. The van der Waals surface area contributed by atoms with Crippen molar-refractivity contribution in [3.63, 3.8) is 0 Å². The van der Waals surface area contributed by atoms with Gasteiger partial charge in [-0.15, -0.1) is 0 Å². The summed E-state index contributed by atoms with van der Waals surface area (Å²) < 4.78 is 64.0. The van der Waals surface area contributed by atoms with Crippen LogP contribution in [-0.2, 0) is 24.2 Å². The number of anilines is 1. The molecule has 0 unspecified atom stereocenters. The molecule has 3 rings (SSSR count). The van der Waals surface area contributed by atoms with Crippen molar-refractivity contribution in [2.24, 2.45) is 0 Å². The smallest absolute Gasteiger partial charge is 0.379 e. The Hall–Kier alpha value is -2.55. The molecule has 0 radical (unpaired) electrons. The molecule has 0 saturated carbocycles. The Kier molecular flexibility index (Phi) is 10.9. The summed E-state index contributed by atoms with van der Waals surface area (Å²) in [7, 11) is 2.17. The molecule has 1 atom stereocenters. The number of nitrogens with one attached hydrogen (secondary N) is 1. The number of likely N-dealkylation sites (N-methyl/N-ethyl adjacent to an activating group) is 1. The van der Waals surface area contributed by atoms with Crippen LogP contribution in [0.25, 0.3) is 10.8 Å². The van der Waals surface area contributed by atoms with Crippen molar-refractivity contribution in [2.75, 3.05) is 32.6 Å². The predicted octanol–water partition coefficient (Wildman–Crippen LogP) is 5.61. The van der Waals surface area contributed by atoms with Gasteiger partial charge in [0.15, 0.2) is 0 Å². The highest BCUT2D eigenvalue weighted by atomic mass is 79.9. The number of aromatic nitrogens is 3. The molecule has 0 bridgehead atoms. The van der Waals surface area contributed by atoms with Crippen molar-refractivity contribution >= 4 is 40.5 Å². The lowest BCUT2D eigenvalue weighted by molar-refractivity contribution is -0.138. The lowest BCUT2D eigenvalue weighted by atomic mass is 10.1. The Labute approximate surface area is 245 Å². The summed E-state index contributed by atoms with van der Waals surface area (Å²) >= 11 is 3.11. The van der Waals surface area contributed by atoms with E-state index >= 15 is 0 Å². The van der Waals surface area contributed by atoms with E-state index in [2.05, 4.69) is 46.0 Å². The second-order valence-corrected chi connectivity index (χ2v) is 18.0. The summed E-state index contributed by atoms with van der Waals surface area (Å²) in [5, 5.41) is 7.64. The first-order chi connectivity index (χ1) is 19.1. The van der Waals surface area contributed by atoms with Crippen molar-refractivity contribution < 1.29 is 22.3 Å². The Bertz CT molecular complexity index is 1470. The van der Waals surface area contributed by atoms with E-state index in [9.17, 15) is 27.2 Å². The first-order valence-electron chi connectivity index (χ1n) is 13.2. The lowest BCUT2D eigenvalue weighted by Gasteiger charge is -2.25. The van der Waals surface area contributed by atoms with Crippen LogP contribution in [-0.4, -0.2) is 60.6 Å². The van der Waals surface area contributed by atoms with Crippen molar-refractivity contribution in [3.8, 4) is 0 Å². The van der Waals surface area contributed by atoms with Crippen molar-refractivity contribution in [1.29, 1.82) is 0 Å². The monoisotopic (exact) mass is 661 g/mol. The van der Waals surface area contributed by atoms with Gasteiger partial charge in [0.25, 0.3) is 11.1 Å². The molecule has 226 valence electrons. The van der Waals surface area contributed by atoms with Gasteiger partial charge in [-0.2, -0.15) is 18.3 Å².